The van der Waals surface area contributed by atoms with Crippen molar-refractivity contribution in [1.82, 2.24) is 15.0 Å². The van der Waals surface area contributed by atoms with Gasteiger partial charge in [-0.2, -0.15) is 0 Å². The first-order chi connectivity index (χ1) is 13.6. The van der Waals surface area contributed by atoms with Crippen molar-refractivity contribution in [3.05, 3.63) is 42.6 Å². The monoisotopic (exact) mass is 382 g/mol. The van der Waals surface area contributed by atoms with Crippen molar-refractivity contribution in [3.8, 4) is 0 Å². The molecular weight excluding hydrogens is 359 g/mol. The zero-order chi connectivity index (χ0) is 19.7. The summed E-state index contributed by atoms with van der Waals surface area (Å²) in [6.07, 6.45) is 4.31. The minimum absolute atomic E-state index is 0.272. The highest BCUT2D eigenvalue weighted by molar-refractivity contribution is 5.85. The number of aldehydes is 1. The summed E-state index contributed by atoms with van der Waals surface area (Å²) in [4.78, 5) is 30.0. The Bertz CT molecular complexity index is 990. The predicted octanol–water partition coefficient (Wildman–Crippen LogP) is 2.45. The number of carbonyl (C=O) groups is 1. The van der Waals surface area contributed by atoms with E-state index in [0.717, 1.165) is 47.6 Å². The van der Waals surface area contributed by atoms with E-state index in [1.165, 1.54) is 18.5 Å². The molecule has 1 aliphatic heterocycles. The highest BCUT2D eigenvalue weighted by atomic mass is 19.1. The summed E-state index contributed by atoms with van der Waals surface area (Å²) < 4.78 is 13.5. The molecule has 0 radical (unpaired) electrons. The minimum atomic E-state index is -0.332. The molecule has 8 heteroatoms. The number of rotatable bonds is 5. The lowest BCUT2D eigenvalue weighted by Gasteiger charge is -2.41. The van der Waals surface area contributed by atoms with Gasteiger partial charge < -0.3 is 24.5 Å². The Morgan fingerprint density at radius 1 is 1.36 bits per heavy atom. The maximum Gasteiger partial charge on any atom is 0.155 e. The fourth-order valence-corrected chi connectivity index (χ4v) is 3.66. The molecule has 146 valence electrons. The van der Waals surface area contributed by atoms with Crippen LogP contribution in [0.1, 0.15) is 6.92 Å². The van der Waals surface area contributed by atoms with Crippen molar-refractivity contribution < 1.29 is 9.18 Å². The second-order valence-electron chi connectivity index (χ2n) is 6.97. The van der Waals surface area contributed by atoms with E-state index in [0.29, 0.717) is 13.1 Å². The summed E-state index contributed by atoms with van der Waals surface area (Å²) in [6.45, 7) is 4.80. The lowest BCUT2D eigenvalue weighted by Crippen LogP contribution is -2.54. The van der Waals surface area contributed by atoms with E-state index < -0.39 is 0 Å². The summed E-state index contributed by atoms with van der Waals surface area (Å²) in [5, 5.41) is 0.796. The van der Waals surface area contributed by atoms with E-state index in [1.807, 2.05) is 18.0 Å². The van der Waals surface area contributed by atoms with Crippen molar-refractivity contribution in [2.24, 2.45) is 0 Å². The first kappa shape index (κ1) is 18.2. The van der Waals surface area contributed by atoms with Crippen molar-refractivity contribution in [3.63, 3.8) is 0 Å². The van der Waals surface area contributed by atoms with Gasteiger partial charge in [-0.15, -0.1) is 0 Å². The number of aromatic nitrogens is 3. The van der Waals surface area contributed by atoms with Crippen molar-refractivity contribution in [1.29, 1.82) is 0 Å². The van der Waals surface area contributed by atoms with Crippen LogP contribution in [-0.2, 0) is 4.79 Å². The number of halogens is 1. The van der Waals surface area contributed by atoms with Gasteiger partial charge in [-0.3, -0.25) is 0 Å². The highest BCUT2D eigenvalue weighted by Gasteiger charge is 2.30. The molecule has 0 amide bonds. The molecule has 1 unspecified atom stereocenters. The average Bonchev–Trinajstić information content (AvgIpc) is 3.15. The number of hydrogen-bond acceptors (Lipinski definition) is 6. The van der Waals surface area contributed by atoms with Crippen LogP contribution in [0.25, 0.3) is 10.9 Å². The Labute approximate surface area is 162 Å². The van der Waals surface area contributed by atoms with Gasteiger partial charge in [0.25, 0.3) is 0 Å². The molecule has 1 atom stereocenters. The Morgan fingerprint density at radius 3 is 3.00 bits per heavy atom. The lowest BCUT2D eigenvalue weighted by atomic mass is 10.1. The van der Waals surface area contributed by atoms with E-state index in [4.69, 9.17) is 0 Å². The number of hydrogen-bond donors (Lipinski definition) is 1. The van der Waals surface area contributed by atoms with Crippen molar-refractivity contribution in [2.75, 3.05) is 47.9 Å². The van der Waals surface area contributed by atoms with Crippen LogP contribution in [-0.4, -0.2) is 60.5 Å². The van der Waals surface area contributed by atoms with Gasteiger partial charge in [0.2, 0.25) is 0 Å². The van der Waals surface area contributed by atoms with Crippen LogP contribution in [0.3, 0.4) is 0 Å². The maximum atomic E-state index is 13.5. The first-order valence-corrected chi connectivity index (χ1v) is 9.37. The van der Waals surface area contributed by atoms with E-state index in [2.05, 4.69) is 31.7 Å². The molecule has 1 N–H and O–H groups in total. The van der Waals surface area contributed by atoms with Crippen molar-refractivity contribution in [2.45, 2.75) is 13.0 Å². The molecule has 1 aromatic carbocycles. The van der Waals surface area contributed by atoms with Gasteiger partial charge >= 0.3 is 0 Å². The van der Waals surface area contributed by atoms with Crippen LogP contribution in [0.2, 0.25) is 0 Å². The maximum absolute atomic E-state index is 13.5. The van der Waals surface area contributed by atoms with Gasteiger partial charge in [0.1, 0.15) is 30.3 Å². The van der Waals surface area contributed by atoms with Crippen LogP contribution in [0.15, 0.2) is 36.8 Å². The molecule has 7 nitrogen and oxygen atoms in total. The smallest absolute Gasteiger partial charge is 0.155 e. The van der Waals surface area contributed by atoms with Gasteiger partial charge in [-0.25, -0.2) is 14.4 Å². The fourth-order valence-electron chi connectivity index (χ4n) is 3.66. The number of nitrogens with one attached hydrogen (secondary N) is 1. The SMILES string of the molecule is CCN(C)c1cncnc1N1CCN(c2cc3cc(F)ccc3[nH]2)C(C=O)C1. The van der Waals surface area contributed by atoms with Crippen LogP contribution in [0, 0.1) is 5.82 Å². The van der Waals surface area contributed by atoms with E-state index >= 15 is 0 Å². The lowest BCUT2D eigenvalue weighted by molar-refractivity contribution is -0.109. The molecule has 4 rings (SSSR count). The average molecular weight is 382 g/mol. The Balaban J connectivity index is 1.60. The fraction of sp³-hybridized carbons (Fsp3) is 0.350. The van der Waals surface area contributed by atoms with Gasteiger partial charge in [-0.1, -0.05) is 0 Å². The normalized spacial score (nSPS) is 17.2. The number of benzene rings is 1. The molecule has 2 aromatic heterocycles. The molecule has 3 heterocycles. The minimum Gasteiger partial charge on any atom is -0.371 e. The topological polar surface area (TPSA) is 68.4 Å². The molecular formula is C20H23FN6O. The van der Waals surface area contributed by atoms with Crippen LogP contribution >= 0.6 is 0 Å². The van der Waals surface area contributed by atoms with Crippen LogP contribution in [0.5, 0.6) is 0 Å². The standard InChI is InChI=1S/C20H23FN6O/c1-3-25(2)18-10-22-13-23-20(18)26-6-7-27(16(11-26)12-28)19-9-14-8-15(21)4-5-17(14)24-19/h4-5,8-10,12-13,16,24H,3,6-7,11H2,1-2H3. The second kappa shape index (κ2) is 7.46. The number of nitrogens with zero attached hydrogens (tertiary/aromatic N) is 5. The van der Waals surface area contributed by atoms with Crippen LogP contribution < -0.4 is 14.7 Å². The van der Waals surface area contributed by atoms with Gasteiger partial charge in [0.05, 0.1) is 11.9 Å². The number of piperazine rings is 1. The molecule has 0 aliphatic carbocycles. The Morgan fingerprint density at radius 2 is 2.21 bits per heavy atom. The molecule has 3 aromatic rings. The number of fused-ring (bicyclic) bond motifs is 1. The number of carbonyl (C=O) groups excluding carboxylic acids is 1. The largest absolute Gasteiger partial charge is 0.371 e. The molecule has 1 saturated heterocycles. The number of anilines is 3. The Kier molecular flexibility index (Phi) is 4.85. The summed E-state index contributed by atoms with van der Waals surface area (Å²) in [6, 6.07) is 6.20. The molecule has 0 spiro atoms. The van der Waals surface area contributed by atoms with E-state index in [-0.39, 0.29) is 11.9 Å². The molecule has 28 heavy (non-hydrogen) atoms. The first-order valence-electron chi connectivity index (χ1n) is 9.37. The van der Waals surface area contributed by atoms with E-state index in [1.54, 1.807) is 12.3 Å². The summed E-state index contributed by atoms with van der Waals surface area (Å²) >= 11 is 0. The highest BCUT2D eigenvalue weighted by Crippen LogP contribution is 2.30. The second-order valence-corrected chi connectivity index (χ2v) is 6.97. The number of aromatic amines is 1. The number of H-pyrrole nitrogens is 1. The van der Waals surface area contributed by atoms with Crippen molar-refractivity contribution >= 4 is 34.5 Å². The van der Waals surface area contributed by atoms with Gasteiger partial charge in [0.15, 0.2) is 5.82 Å². The van der Waals surface area contributed by atoms with Crippen LogP contribution in [0.4, 0.5) is 21.7 Å². The van der Waals surface area contributed by atoms with E-state index in [9.17, 15) is 9.18 Å². The molecule has 1 aliphatic rings. The molecule has 1 fully saturated rings. The van der Waals surface area contributed by atoms with Gasteiger partial charge in [-0.05, 0) is 31.2 Å². The zero-order valence-electron chi connectivity index (χ0n) is 16.0. The predicted molar refractivity (Wildman–Crippen MR) is 109 cm³/mol. The summed E-state index contributed by atoms with van der Waals surface area (Å²) in [7, 11) is 2.00. The zero-order valence-corrected chi connectivity index (χ0v) is 16.0. The molecule has 0 bridgehead atoms. The third-order valence-corrected chi connectivity index (χ3v) is 5.31. The summed E-state index contributed by atoms with van der Waals surface area (Å²) in [5.74, 6) is 1.39. The third-order valence-electron chi connectivity index (χ3n) is 5.31. The third kappa shape index (κ3) is 3.26. The molecule has 0 saturated carbocycles. The van der Waals surface area contributed by atoms with Gasteiger partial charge in [0, 0.05) is 44.1 Å². The quantitative estimate of drug-likeness (QED) is 0.684. The Hall–Kier alpha value is -3.16. The summed E-state index contributed by atoms with van der Waals surface area (Å²) in [5.41, 5.74) is 1.80.